The van der Waals surface area contributed by atoms with E-state index < -0.39 is 18.1 Å². The Bertz CT molecular complexity index is 472. The number of nitrogens with zero attached hydrogens (tertiary/aromatic N) is 4. The molecule has 1 unspecified atom stereocenters. The Labute approximate surface area is 114 Å². The van der Waals surface area contributed by atoms with E-state index in [1.54, 1.807) is 6.08 Å². The van der Waals surface area contributed by atoms with Gasteiger partial charge in [0, 0.05) is 19.6 Å². The number of hydrogen-bond acceptors (Lipinski definition) is 4. The molecule has 2 heterocycles. The highest BCUT2D eigenvalue weighted by Crippen LogP contribution is 2.29. The SMILES string of the molecule is C=CCCC(O)CN1CCn2c(nnc2C(F)(F)F)C1. The van der Waals surface area contributed by atoms with Crippen LogP contribution in [0, 0.1) is 0 Å². The van der Waals surface area contributed by atoms with Crippen molar-refractivity contribution >= 4 is 0 Å². The second-order valence-electron chi connectivity index (χ2n) is 4.84. The number of allylic oxidation sites excluding steroid dienone is 1. The fraction of sp³-hybridized carbons (Fsp3) is 0.667. The lowest BCUT2D eigenvalue weighted by molar-refractivity contribution is -0.148. The van der Waals surface area contributed by atoms with Crippen molar-refractivity contribution in [1.82, 2.24) is 19.7 Å². The second-order valence-corrected chi connectivity index (χ2v) is 4.84. The van der Waals surface area contributed by atoms with Crippen LogP contribution in [0.15, 0.2) is 12.7 Å². The van der Waals surface area contributed by atoms with Gasteiger partial charge in [0.2, 0.25) is 5.82 Å². The smallest absolute Gasteiger partial charge is 0.392 e. The summed E-state index contributed by atoms with van der Waals surface area (Å²) in [6.45, 7) is 4.90. The first kappa shape index (κ1) is 15.0. The molecule has 20 heavy (non-hydrogen) atoms. The molecule has 1 N–H and O–H groups in total. The molecule has 1 atom stereocenters. The molecule has 0 saturated heterocycles. The Morgan fingerprint density at radius 1 is 1.35 bits per heavy atom. The number of alkyl halides is 3. The molecule has 112 valence electrons. The molecule has 0 aliphatic carbocycles. The predicted octanol–water partition coefficient (Wildman–Crippen LogP) is 1.44. The molecule has 0 saturated carbocycles. The Morgan fingerprint density at radius 2 is 2.10 bits per heavy atom. The van der Waals surface area contributed by atoms with Crippen LogP contribution in [0.5, 0.6) is 0 Å². The van der Waals surface area contributed by atoms with Crippen molar-refractivity contribution in [3.05, 3.63) is 24.3 Å². The number of fused-ring (bicyclic) bond motifs is 1. The average Bonchev–Trinajstić information content (AvgIpc) is 2.79. The quantitative estimate of drug-likeness (QED) is 0.834. The van der Waals surface area contributed by atoms with Gasteiger partial charge in [-0.1, -0.05) is 6.08 Å². The minimum absolute atomic E-state index is 0.186. The van der Waals surface area contributed by atoms with Gasteiger partial charge in [0.25, 0.3) is 0 Å². The molecule has 0 spiro atoms. The Morgan fingerprint density at radius 3 is 2.75 bits per heavy atom. The van der Waals surface area contributed by atoms with Gasteiger partial charge in [-0.3, -0.25) is 4.90 Å². The van der Waals surface area contributed by atoms with Gasteiger partial charge in [0.15, 0.2) is 0 Å². The third-order valence-electron chi connectivity index (χ3n) is 3.26. The van der Waals surface area contributed by atoms with Crippen LogP contribution in [0.3, 0.4) is 0 Å². The minimum atomic E-state index is -4.48. The maximum atomic E-state index is 12.7. The number of aromatic nitrogens is 3. The van der Waals surface area contributed by atoms with E-state index in [4.69, 9.17) is 0 Å². The molecular weight excluding hydrogens is 273 g/mol. The lowest BCUT2D eigenvalue weighted by Gasteiger charge is -2.29. The van der Waals surface area contributed by atoms with E-state index in [-0.39, 0.29) is 13.1 Å². The Balaban J connectivity index is 1.98. The number of β-amino-alcohol motifs (C(OH)–C–C–N with tert-alkyl or cyclic N) is 1. The van der Waals surface area contributed by atoms with Gasteiger partial charge in [-0.05, 0) is 12.8 Å². The highest BCUT2D eigenvalue weighted by atomic mass is 19.4. The van der Waals surface area contributed by atoms with Gasteiger partial charge < -0.3 is 9.67 Å². The van der Waals surface area contributed by atoms with Crippen LogP contribution in [-0.2, 0) is 19.3 Å². The average molecular weight is 290 g/mol. The first-order valence-electron chi connectivity index (χ1n) is 6.42. The molecule has 8 heteroatoms. The molecular formula is C12H17F3N4O. The molecule has 1 aliphatic rings. The molecule has 0 bridgehead atoms. The molecule has 1 aromatic heterocycles. The molecule has 0 amide bonds. The summed E-state index contributed by atoms with van der Waals surface area (Å²) >= 11 is 0. The van der Waals surface area contributed by atoms with Crippen molar-refractivity contribution < 1.29 is 18.3 Å². The van der Waals surface area contributed by atoms with Crippen LogP contribution in [0.1, 0.15) is 24.5 Å². The van der Waals surface area contributed by atoms with E-state index in [1.807, 2.05) is 4.90 Å². The van der Waals surface area contributed by atoms with E-state index in [1.165, 1.54) is 0 Å². The van der Waals surface area contributed by atoms with Crippen LogP contribution in [0.4, 0.5) is 13.2 Å². The number of aliphatic hydroxyl groups excluding tert-OH is 1. The molecule has 0 radical (unpaired) electrons. The second kappa shape index (κ2) is 5.92. The van der Waals surface area contributed by atoms with Crippen LogP contribution in [0.25, 0.3) is 0 Å². The van der Waals surface area contributed by atoms with Gasteiger partial charge in [-0.25, -0.2) is 0 Å². The largest absolute Gasteiger partial charge is 0.451 e. The van der Waals surface area contributed by atoms with Crippen LogP contribution in [-0.4, -0.2) is 44.0 Å². The number of halogens is 3. The molecule has 1 aromatic rings. The summed E-state index contributed by atoms with van der Waals surface area (Å²) in [5.41, 5.74) is 0. The van der Waals surface area contributed by atoms with E-state index in [9.17, 15) is 18.3 Å². The summed E-state index contributed by atoms with van der Waals surface area (Å²) in [7, 11) is 0. The summed E-state index contributed by atoms with van der Waals surface area (Å²) < 4.78 is 39.1. The van der Waals surface area contributed by atoms with Crippen LogP contribution in [0.2, 0.25) is 0 Å². The lowest BCUT2D eigenvalue weighted by Crippen LogP contribution is -2.39. The third kappa shape index (κ3) is 3.37. The van der Waals surface area contributed by atoms with Crippen molar-refractivity contribution in [2.24, 2.45) is 0 Å². The van der Waals surface area contributed by atoms with Gasteiger partial charge in [-0.2, -0.15) is 13.2 Å². The zero-order valence-corrected chi connectivity index (χ0v) is 11.0. The van der Waals surface area contributed by atoms with E-state index in [0.717, 1.165) is 4.57 Å². The first-order chi connectivity index (χ1) is 9.41. The van der Waals surface area contributed by atoms with E-state index >= 15 is 0 Å². The molecule has 2 rings (SSSR count). The summed E-state index contributed by atoms with van der Waals surface area (Å²) in [5, 5.41) is 16.6. The van der Waals surface area contributed by atoms with Gasteiger partial charge in [0.05, 0.1) is 12.6 Å². The lowest BCUT2D eigenvalue weighted by atomic mass is 10.2. The Kier molecular flexibility index (Phi) is 4.44. The summed E-state index contributed by atoms with van der Waals surface area (Å²) in [4.78, 5) is 1.89. The molecule has 0 aromatic carbocycles. The van der Waals surface area contributed by atoms with Crippen molar-refractivity contribution in [2.75, 3.05) is 13.1 Å². The fourth-order valence-corrected chi connectivity index (χ4v) is 2.27. The number of aliphatic hydroxyl groups is 1. The van der Waals surface area contributed by atoms with Gasteiger partial charge >= 0.3 is 6.18 Å². The predicted molar refractivity (Wildman–Crippen MR) is 65.7 cm³/mol. The van der Waals surface area contributed by atoms with Gasteiger partial charge in [0.1, 0.15) is 5.82 Å². The zero-order chi connectivity index (χ0) is 14.8. The highest BCUT2D eigenvalue weighted by molar-refractivity contribution is 5.02. The number of rotatable bonds is 5. The third-order valence-corrected chi connectivity index (χ3v) is 3.26. The van der Waals surface area contributed by atoms with Crippen LogP contribution >= 0.6 is 0 Å². The molecule has 0 fully saturated rings. The van der Waals surface area contributed by atoms with Gasteiger partial charge in [-0.15, -0.1) is 16.8 Å². The first-order valence-corrected chi connectivity index (χ1v) is 6.42. The topological polar surface area (TPSA) is 54.2 Å². The van der Waals surface area contributed by atoms with Crippen molar-refractivity contribution in [1.29, 1.82) is 0 Å². The normalized spacial score (nSPS) is 17.8. The highest BCUT2D eigenvalue weighted by Gasteiger charge is 2.39. The summed E-state index contributed by atoms with van der Waals surface area (Å²) in [5.74, 6) is -0.654. The summed E-state index contributed by atoms with van der Waals surface area (Å²) in [6.07, 6.45) is -1.95. The molecule has 1 aliphatic heterocycles. The Hall–Kier alpha value is -1.41. The van der Waals surface area contributed by atoms with Crippen molar-refractivity contribution in [3.8, 4) is 0 Å². The summed E-state index contributed by atoms with van der Waals surface area (Å²) in [6, 6.07) is 0. The van der Waals surface area contributed by atoms with Crippen molar-refractivity contribution in [2.45, 2.75) is 38.2 Å². The standard InChI is InChI=1S/C12H17F3N4O/c1-2-3-4-9(20)7-18-5-6-19-10(8-18)16-17-11(19)12(13,14)15/h2,9,20H,1,3-8H2. The minimum Gasteiger partial charge on any atom is -0.392 e. The van der Waals surface area contributed by atoms with Crippen molar-refractivity contribution in [3.63, 3.8) is 0 Å². The molecule has 5 nitrogen and oxygen atoms in total. The monoisotopic (exact) mass is 290 g/mol. The van der Waals surface area contributed by atoms with Crippen LogP contribution < -0.4 is 0 Å². The maximum absolute atomic E-state index is 12.7. The number of hydrogen-bond donors (Lipinski definition) is 1. The van der Waals surface area contributed by atoms with E-state index in [0.29, 0.717) is 31.8 Å². The zero-order valence-electron chi connectivity index (χ0n) is 11.0. The fourth-order valence-electron chi connectivity index (χ4n) is 2.27. The maximum Gasteiger partial charge on any atom is 0.451 e. The van der Waals surface area contributed by atoms with E-state index in [2.05, 4.69) is 16.8 Å².